The van der Waals surface area contributed by atoms with Crippen LogP contribution in [0.25, 0.3) is 0 Å². The van der Waals surface area contributed by atoms with E-state index in [0.717, 1.165) is 0 Å². The van der Waals surface area contributed by atoms with Crippen LogP contribution in [0.4, 0.5) is 0 Å². The van der Waals surface area contributed by atoms with Gasteiger partial charge in [-0.15, -0.1) is 0 Å². The van der Waals surface area contributed by atoms with Crippen LogP contribution < -0.4 is 0 Å². The summed E-state index contributed by atoms with van der Waals surface area (Å²) in [4.78, 5) is 0.338. The molecule has 1 aromatic carbocycles. The minimum Gasteiger partial charge on any atom is -0.224 e. The number of sulfonamides is 1. The first kappa shape index (κ1) is 15.5. The van der Waals surface area contributed by atoms with Gasteiger partial charge in [0, 0.05) is 13.1 Å². The van der Waals surface area contributed by atoms with E-state index in [0.29, 0.717) is 30.8 Å². The van der Waals surface area contributed by atoms with E-state index >= 15 is 0 Å². The zero-order valence-electron chi connectivity index (χ0n) is 11.4. The lowest BCUT2D eigenvalue weighted by Crippen LogP contribution is -2.39. The van der Waals surface area contributed by atoms with Crippen molar-refractivity contribution in [2.24, 2.45) is 5.92 Å². The van der Waals surface area contributed by atoms with E-state index in [1.807, 2.05) is 0 Å². The van der Waals surface area contributed by atoms with Crippen molar-refractivity contribution in [2.45, 2.75) is 17.7 Å². The third-order valence-electron chi connectivity index (χ3n) is 3.60. The number of piperidine rings is 1. The molecule has 1 fully saturated rings. The summed E-state index contributed by atoms with van der Waals surface area (Å²) in [6, 6.07) is 8.39. The van der Waals surface area contributed by atoms with Crippen LogP contribution in [0.15, 0.2) is 35.2 Å². The Morgan fingerprint density at radius 3 is 2.10 bits per heavy atom. The zero-order chi connectivity index (χ0) is 14.8. The van der Waals surface area contributed by atoms with Crippen LogP contribution in [-0.4, -0.2) is 46.2 Å². The van der Waals surface area contributed by atoms with Crippen molar-refractivity contribution in [3.8, 4) is 0 Å². The van der Waals surface area contributed by atoms with Gasteiger partial charge in [-0.25, -0.2) is 21.1 Å². The van der Waals surface area contributed by atoms with Crippen molar-refractivity contribution in [1.29, 1.82) is 0 Å². The molecule has 0 saturated carbocycles. The highest BCUT2D eigenvalue weighted by molar-refractivity contribution is 7.91. The minimum absolute atomic E-state index is 0.0261. The van der Waals surface area contributed by atoms with Gasteiger partial charge in [0.15, 0.2) is 9.84 Å². The highest BCUT2D eigenvalue weighted by atomic mass is 32.2. The molecule has 1 aliphatic rings. The van der Waals surface area contributed by atoms with Crippen LogP contribution >= 0.6 is 0 Å². The van der Waals surface area contributed by atoms with Gasteiger partial charge in [-0.2, -0.15) is 0 Å². The van der Waals surface area contributed by atoms with Gasteiger partial charge in [-0.3, -0.25) is 0 Å². The van der Waals surface area contributed by atoms with Crippen molar-refractivity contribution in [3.63, 3.8) is 0 Å². The fourth-order valence-corrected chi connectivity index (χ4v) is 5.03. The lowest BCUT2D eigenvalue weighted by molar-refractivity contribution is 0.290. The second-order valence-corrected chi connectivity index (χ2v) is 9.22. The molecular formula is C13H19NO4S2. The SMILES string of the molecule is CS(=O)(=O)N1CCC(CS(=O)(=O)c2ccccc2)CC1. The number of benzene rings is 1. The Morgan fingerprint density at radius 1 is 1.05 bits per heavy atom. The molecule has 0 amide bonds. The van der Waals surface area contributed by atoms with E-state index in [1.54, 1.807) is 30.3 Å². The normalized spacial score (nSPS) is 19.1. The Kier molecular flexibility index (Phi) is 4.51. The first-order chi connectivity index (χ1) is 9.29. The Balaban J connectivity index is 2.00. The fourth-order valence-electron chi connectivity index (χ4n) is 2.44. The minimum atomic E-state index is -3.28. The van der Waals surface area contributed by atoms with Gasteiger partial charge in [0.25, 0.3) is 0 Å². The van der Waals surface area contributed by atoms with Crippen molar-refractivity contribution < 1.29 is 16.8 Å². The van der Waals surface area contributed by atoms with E-state index in [-0.39, 0.29) is 11.7 Å². The maximum Gasteiger partial charge on any atom is 0.211 e. The maximum atomic E-state index is 12.2. The molecule has 7 heteroatoms. The topological polar surface area (TPSA) is 71.5 Å². The van der Waals surface area contributed by atoms with E-state index in [2.05, 4.69) is 0 Å². The van der Waals surface area contributed by atoms with Crippen molar-refractivity contribution in [1.82, 2.24) is 4.31 Å². The van der Waals surface area contributed by atoms with Gasteiger partial charge < -0.3 is 0 Å². The quantitative estimate of drug-likeness (QED) is 0.834. The van der Waals surface area contributed by atoms with Crippen molar-refractivity contribution in [2.75, 3.05) is 25.1 Å². The Morgan fingerprint density at radius 2 is 1.60 bits per heavy atom. The number of rotatable bonds is 4. The third kappa shape index (κ3) is 3.80. The molecule has 0 unspecified atom stereocenters. The molecule has 0 radical (unpaired) electrons. The molecule has 112 valence electrons. The summed E-state index contributed by atoms with van der Waals surface area (Å²) < 4.78 is 48.7. The second-order valence-electron chi connectivity index (χ2n) is 5.20. The fraction of sp³-hybridized carbons (Fsp3) is 0.538. The van der Waals surface area contributed by atoms with Crippen molar-refractivity contribution in [3.05, 3.63) is 30.3 Å². The molecule has 5 nitrogen and oxygen atoms in total. The average molecular weight is 317 g/mol. The van der Waals surface area contributed by atoms with Crippen LogP contribution in [-0.2, 0) is 19.9 Å². The van der Waals surface area contributed by atoms with Gasteiger partial charge in [-0.1, -0.05) is 18.2 Å². The lowest BCUT2D eigenvalue weighted by atomic mass is 10.0. The maximum absolute atomic E-state index is 12.2. The first-order valence-corrected chi connectivity index (χ1v) is 10.0. The molecule has 0 aliphatic carbocycles. The van der Waals surface area contributed by atoms with E-state index in [4.69, 9.17) is 0 Å². The molecule has 1 aliphatic heterocycles. The first-order valence-electron chi connectivity index (χ1n) is 6.52. The number of hydrogen-bond acceptors (Lipinski definition) is 4. The molecule has 0 atom stereocenters. The van der Waals surface area contributed by atoms with Gasteiger partial charge >= 0.3 is 0 Å². The Bertz CT molecular complexity index is 645. The highest BCUT2D eigenvalue weighted by Gasteiger charge is 2.28. The number of sulfone groups is 1. The largest absolute Gasteiger partial charge is 0.224 e. The van der Waals surface area contributed by atoms with Gasteiger partial charge in [0.05, 0.1) is 16.9 Å². The molecule has 0 spiro atoms. The lowest BCUT2D eigenvalue weighted by Gasteiger charge is -2.29. The van der Waals surface area contributed by atoms with E-state index < -0.39 is 19.9 Å². The van der Waals surface area contributed by atoms with Gasteiger partial charge in [0.1, 0.15) is 0 Å². The van der Waals surface area contributed by atoms with Crippen LogP contribution in [0.1, 0.15) is 12.8 Å². The highest BCUT2D eigenvalue weighted by Crippen LogP contribution is 2.23. The molecular weight excluding hydrogens is 298 g/mol. The molecule has 1 heterocycles. The van der Waals surface area contributed by atoms with Crippen LogP contribution in [0.5, 0.6) is 0 Å². The van der Waals surface area contributed by atoms with Crippen LogP contribution in [0.3, 0.4) is 0 Å². The van der Waals surface area contributed by atoms with E-state index in [1.165, 1.54) is 10.6 Å². The number of nitrogens with zero attached hydrogens (tertiary/aromatic N) is 1. The summed E-state index contributed by atoms with van der Waals surface area (Å²) in [5.41, 5.74) is 0. The summed E-state index contributed by atoms with van der Waals surface area (Å²) in [7, 11) is -6.44. The summed E-state index contributed by atoms with van der Waals surface area (Å²) in [6.45, 7) is 0.821. The van der Waals surface area contributed by atoms with Gasteiger partial charge in [0.2, 0.25) is 10.0 Å². The predicted octanol–water partition coefficient (Wildman–Crippen LogP) is 1.13. The molecule has 1 aromatic rings. The second kappa shape index (κ2) is 5.83. The van der Waals surface area contributed by atoms with E-state index in [9.17, 15) is 16.8 Å². The Labute approximate surface area is 120 Å². The molecule has 0 aromatic heterocycles. The molecule has 0 N–H and O–H groups in total. The summed E-state index contributed by atoms with van der Waals surface area (Å²) in [6.07, 6.45) is 2.38. The predicted molar refractivity (Wildman–Crippen MR) is 77.6 cm³/mol. The number of hydrogen-bond donors (Lipinski definition) is 0. The molecule has 20 heavy (non-hydrogen) atoms. The van der Waals surface area contributed by atoms with Crippen molar-refractivity contribution >= 4 is 19.9 Å². The zero-order valence-corrected chi connectivity index (χ0v) is 13.0. The average Bonchev–Trinajstić information content (AvgIpc) is 2.39. The standard InChI is InChI=1S/C13H19NO4S2/c1-19(15,16)14-9-7-12(8-10-14)11-20(17,18)13-5-3-2-4-6-13/h2-6,12H,7-11H2,1H3. The summed E-state index contributed by atoms with van der Waals surface area (Å²) >= 11 is 0. The third-order valence-corrected chi connectivity index (χ3v) is 6.80. The van der Waals surface area contributed by atoms with Gasteiger partial charge in [-0.05, 0) is 30.9 Å². The molecule has 0 bridgehead atoms. The van der Waals surface area contributed by atoms with Crippen LogP contribution in [0.2, 0.25) is 0 Å². The monoisotopic (exact) mass is 317 g/mol. The van der Waals surface area contributed by atoms with Crippen LogP contribution in [0, 0.1) is 5.92 Å². The smallest absolute Gasteiger partial charge is 0.211 e. The summed E-state index contributed by atoms with van der Waals surface area (Å²) in [5.74, 6) is 0.118. The molecule has 2 rings (SSSR count). The summed E-state index contributed by atoms with van der Waals surface area (Å²) in [5, 5.41) is 0. The Hall–Kier alpha value is -0.920. The molecule has 1 saturated heterocycles.